The lowest BCUT2D eigenvalue weighted by molar-refractivity contribution is -0.137. The van der Waals surface area contributed by atoms with Crippen LogP contribution in [0.4, 0.5) is 0 Å². The van der Waals surface area contributed by atoms with E-state index in [4.69, 9.17) is 16.7 Å². The number of nitrogens with one attached hydrogen (secondary N) is 1. The molecule has 1 heterocycles. The molecule has 1 aliphatic heterocycles. The predicted molar refractivity (Wildman–Crippen MR) is 121 cm³/mol. The summed E-state index contributed by atoms with van der Waals surface area (Å²) in [7, 11) is 0. The first-order valence-electron chi connectivity index (χ1n) is 9.71. The summed E-state index contributed by atoms with van der Waals surface area (Å²) < 4.78 is 0. The van der Waals surface area contributed by atoms with Crippen LogP contribution in [-0.4, -0.2) is 39.9 Å². The molecule has 1 aliphatic rings. The Morgan fingerprint density at radius 1 is 1.16 bits per heavy atom. The normalized spacial score (nSPS) is 14.8. The number of amides is 1. The molecule has 0 bridgehead atoms. The third-order valence-electron chi connectivity index (χ3n) is 4.64. The standard InChI is InChI=1S/C23H22ClN3O4/c1-3-8-17-19-15(14-9-6-5-7-10-14)11-12-16(24)20(19)22(30)21(27(17)26-4-2)23(31)25-13-18(28)29/h4-12,30H,3,13H2,1-2H3,(H,25,31)(H,28,29)/b17-8?,26-4-. The van der Waals surface area contributed by atoms with Crippen molar-refractivity contribution in [3.63, 3.8) is 0 Å². The highest BCUT2D eigenvalue weighted by Gasteiger charge is 2.36. The molecule has 3 rings (SSSR count). The third-order valence-corrected chi connectivity index (χ3v) is 4.96. The Morgan fingerprint density at radius 3 is 2.48 bits per heavy atom. The zero-order valence-electron chi connectivity index (χ0n) is 17.1. The van der Waals surface area contributed by atoms with Crippen molar-refractivity contribution < 1.29 is 19.8 Å². The average Bonchev–Trinajstić information content (AvgIpc) is 2.75. The highest BCUT2D eigenvalue weighted by Crippen LogP contribution is 2.45. The van der Waals surface area contributed by atoms with E-state index in [1.165, 1.54) is 11.2 Å². The molecule has 0 unspecified atom stereocenters. The van der Waals surface area contributed by atoms with Crippen molar-refractivity contribution in [3.05, 3.63) is 70.4 Å². The molecule has 0 aromatic heterocycles. The largest absolute Gasteiger partial charge is 0.505 e. The second-order valence-corrected chi connectivity index (χ2v) is 7.07. The molecule has 0 fully saturated rings. The first-order valence-corrected chi connectivity index (χ1v) is 10.1. The molecule has 0 aliphatic carbocycles. The lowest BCUT2D eigenvalue weighted by Gasteiger charge is -2.32. The van der Waals surface area contributed by atoms with Crippen LogP contribution in [0.25, 0.3) is 22.6 Å². The number of carboxylic acids is 1. The van der Waals surface area contributed by atoms with Gasteiger partial charge in [-0.1, -0.05) is 61.0 Å². The summed E-state index contributed by atoms with van der Waals surface area (Å²) in [5.41, 5.74) is 3.02. The maximum absolute atomic E-state index is 12.8. The number of carbonyl (C=O) groups is 2. The van der Waals surface area contributed by atoms with Crippen molar-refractivity contribution >= 4 is 41.1 Å². The molecule has 0 saturated heterocycles. The summed E-state index contributed by atoms with van der Waals surface area (Å²) in [6, 6.07) is 13.1. The zero-order chi connectivity index (χ0) is 22.5. The first-order chi connectivity index (χ1) is 14.9. The van der Waals surface area contributed by atoms with Gasteiger partial charge in [-0.05, 0) is 30.5 Å². The van der Waals surface area contributed by atoms with E-state index in [0.29, 0.717) is 23.2 Å². The van der Waals surface area contributed by atoms with E-state index >= 15 is 0 Å². The quantitative estimate of drug-likeness (QED) is 0.575. The molecule has 1 amide bonds. The van der Waals surface area contributed by atoms with Gasteiger partial charge in [0.1, 0.15) is 6.54 Å². The Kier molecular flexibility index (Phi) is 6.77. The molecule has 3 N–H and O–H groups in total. The predicted octanol–water partition coefficient (Wildman–Crippen LogP) is 4.51. The number of aliphatic carboxylic acids is 1. The Hall–Kier alpha value is -3.58. The number of aliphatic hydroxyl groups excluding tert-OH is 1. The highest BCUT2D eigenvalue weighted by molar-refractivity contribution is 6.33. The molecule has 31 heavy (non-hydrogen) atoms. The van der Waals surface area contributed by atoms with Gasteiger partial charge in [0.25, 0.3) is 5.91 Å². The molecule has 2 aromatic carbocycles. The molecule has 0 radical (unpaired) electrons. The minimum absolute atomic E-state index is 0.196. The van der Waals surface area contributed by atoms with Gasteiger partial charge in [-0.15, -0.1) is 0 Å². The number of hydrazone groups is 1. The monoisotopic (exact) mass is 439 g/mol. The van der Waals surface area contributed by atoms with Gasteiger partial charge in [-0.3, -0.25) is 9.59 Å². The number of nitrogens with zero attached hydrogens (tertiary/aromatic N) is 2. The molecular weight excluding hydrogens is 418 g/mol. The number of carboxylic acid groups (broad SMARTS) is 1. The molecule has 8 heteroatoms. The van der Waals surface area contributed by atoms with Crippen LogP contribution in [0.5, 0.6) is 0 Å². The number of hydrogen-bond acceptors (Lipinski definition) is 5. The van der Waals surface area contributed by atoms with E-state index in [2.05, 4.69) is 10.4 Å². The van der Waals surface area contributed by atoms with E-state index in [1.54, 1.807) is 13.0 Å². The number of halogens is 1. The van der Waals surface area contributed by atoms with Crippen LogP contribution >= 0.6 is 11.6 Å². The summed E-state index contributed by atoms with van der Waals surface area (Å²) in [6.45, 7) is 3.02. The molecule has 0 spiro atoms. The fraction of sp³-hybridized carbons (Fsp3) is 0.174. The van der Waals surface area contributed by atoms with Crippen LogP contribution in [0.1, 0.15) is 31.4 Å². The smallest absolute Gasteiger partial charge is 0.322 e. The zero-order valence-corrected chi connectivity index (χ0v) is 17.8. The van der Waals surface area contributed by atoms with E-state index in [9.17, 15) is 14.7 Å². The Labute approximate surface area is 185 Å². The van der Waals surface area contributed by atoms with Gasteiger partial charge in [-0.25, -0.2) is 5.01 Å². The molecule has 7 nitrogen and oxygen atoms in total. The second-order valence-electron chi connectivity index (χ2n) is 6.67. The lowest BCUT2D eigenvalue weighted by atomic mass is 9.88. The Bertz CT molecular complexity index is 1110. The number of aliphatic hydroxyl groups is 1. The summed E-state index contributed by atoms with van der Waals surface area (Å²) >= 11 is 6.48. The van der Waals surface area contributed by atoms with Gasteiger partial charge in [0.2, 0.25) is 0 Å². The topological polar surface area (TPSA) is 102 Å². The number of benzene rings is 2. The second kappa shape index (κ2) is 9.49. The third kappa shape index (κ3) is 4.32. The van der Waals surface area contributed by atoms with Gasteiger partial charge in [0, 0.05) is 17.3 Å². The van der Waals surface area contributed by atoms with Gasteiger partial charge < -0.3 is 15.5 Å². The minimum atomic E-state index is -1.20. The summed E-state index contributed by atoms with van der Waals surface area (Å²) in [6.07, 6.45) is 3.99. The van der Waals surface area contributed by atoms with Crippen molar-refractivity contribution in [2.24, 2.45) is 5.10 Å². The molecule has 0 atom stereocenters. The van der Waals surface area contributed by atoms with Gasteiger partial charge in [0.05, 0.1) is 10.7 Å². The molecule has 0 saturated carbocycles. The minimum Gasteiger partial charge on any atom is -0.505 e. The van der Waals surface area contributed by atoms with Gasteiger partial charge in [-0.2, -0.15) is 5.10 Å². The van der Waals surface area contributed by atoms with Gasteiger partial charge in [0.15, 0.2) is 11.5 Å². The van der Waals surface area contributed by atoms with Crippen LogP contribution in [0, 0.1) is 0 Å². The summed E-state index contributed by atoms with van der Waals surface area (Å²) in [4.78, 5) is 23.8. The van der Waals surface area contributed by atoms with E-state index in [1.807, 2.05) is 49.4 Å². The average molecular weight is 440 g/mol. The van der Waals surface area contributed by atoms with Crippen molar-refractivity contribution in [1.29, 1.82) is 0 Å². The van der Waals surface area contributed by atoms with E-state index in [-0.39, 0.29) is 16.5 Å². The van der Waals surface area contributed by atoms with E-state index in [0.717, 1.165) is 11.1 Å². The van der Waals surface area contributed by atoms with Crippen LogP contribution in [0.3, 0.4) is 0 Å². The number of hydrogen-bond donors (Lipinski definition) is 3. The maximum Gasteiger partial charge on any atom is 0.322 e. The Morgan fingerprint density at radius 2 is 1.87 bits per heavy atom. The fourth-order valence-electron chi connectivity index (χ4n) is 3.44. The Balaban J connectivity index is 2.34. The number of allylic oxidation sites excluding steroid dienone is 1. The van der Waals surface area contributed by atoms with Crippen molar-refractivity contribution in [1.82, 2.24) is 10.3 Å². The number of fused-ring (bicyclic) bond motifs is 1. The lowest BCUT2D eigenvalue weighted by Crippen LogP contribution is -2.37. The molecular formula is C23H22ClN3O4. The van der Waals surface area contributed by atoms with Gasteiger partial charge >= 0.3 is 5.97 Å². The number of carbonyl (C=O) groups excluding carboxylic acids is 1. The maximum atomic E-state index is 12.8. The highest BCUT2D eigenvalue weighted by atomic mass is 35.5. The summed E-state index contributed by atoms with van der Waals surface area (Å²) in [5, 5.41) is 28.2. The van der Waals surface area contributed by atoms with Crippen LogP contribution < -0.4 is 5.32 Å². The van der Waals surface area contributed by atoms with Crippen LogP contribution in [-0.2, 0) is 9.59 Å². The van der Waals surface area contributed by atoms with Crippen molar-refractivity contribution in [2.45, 2.75) is 20.3 Å². The van der Waals surface area contributed by atoms with Crippen molar-refractivity contribution in [2.75, 3.05) is 6.54 Å². The van der Waals surface area contributed by atoms with E-state index < -0.39 is 18.4 Å². The van der Waals surface area contributed by atoms with Crippen LogP contribution in [0.2, 0.25) is 5.02 Å². The van der Waals surface area contributed by atoms with Crippen molar-refractivity contribution in [3.8, 4) is 11.1 Å². The first kappa shape index (κ1) is 22.1. The number of rotatable bonds is 6. The summed E-state index contributed by atoms with van der Waals surface area (Å²) in [5.74, 6) is -2.36. The molecule has 2 aromatic rings. The molecule has 160 valence electrons. The van der Waals surface area contributed by atoms with Crippen LogP contribution in [0.15, 0.2) is 59.3 Å². The fourth-order valence-corrected chi connectivity index (χ4v) is 3.69. The SMILES string of the molecule is C/C=N\N1C(=CCC)c2c(-c3ccccc3)ccc(Cl)c2C(O)=C1C(=O)NCC(=O)O.